The molecule has 1 aromatic carbocycles. The van der Waals surface area contributed by atoms with Crippen LogP contribution in [-0.4, -0.2) is 47.0 Å². The van der Waals surface area contributed by atoms with Gasteiger partial charge in [-0.15, -0.1) is 0 Å². The third kappa shape index (κ3) is 5.98. The predicted molar refractivity (Wildman–Crippen MR) is 113 cm³/mol. The number of hydrogen-bond acceptors (Lipinski definition) is 5. The average Bonchev–Trinajstić information content (AvgIpc) is 2.68. The zero-order valence-electron chi connectivity index (χ0n) is 17.6. The number of anilines is 1. The maximum atomic E-state index is 13.1. The van der Waals surface area contributed by atoms with E-state index in [4.69, 9.17) is 0 Å². The van der Waals surface area contributed by atoms with Crippen molar-refractivity contribution in [3.63, 3.8) is 0 Å². The highest BCUT2D eigenvalue weighted by Gasteiger charge is 2.26. The molecule has 8 heteroatoms. The van der Waals surface area contributed by atoms with E-state index in [1.807, 2.05) is 19.9 Å². The standard InChI is InChI=1S/C22H28FN5O2/c1-14-12-15(2)25-22(24-14)28-10-8-19(9-11-28)27-21(30)20(26-16(3)29)13-17-4-6-18(23)7-5-17/h4-7,12,19-20H,8-11,13H2,1-3H3,(H,26,29)(H,27,30). The molecule has 1 aliphatic heterocycles. The largest absolute Gasteiger partial charge is 0.351 e. The minimum atomic E-state index is -0.700. The topological polar surface area (TPSA) is 87.2 Å². The van der Waals surface area contributed by atoms with Gasteiger partial charge in [-0.1, -0.05) is 12.1 Å². The van der Waals surface area contributed by atoms with Crippen LogP contribution >= 0.6 is 0 Å². The molecule has 160 valence electrons. The summed E-state index contributed by atoms with van der Waals surface area (Å²) in [5.41, 5.74) is 2.66. The number of rotatable bonds is 6. The van der Waals surface area contributed by atoms with Crippen LogP contribution in [0.2, 0.25) is 0 Å². The van der Waals surface area contributed by atoms with Gasteiger partial charge in [0.05, 0.1) is 0 Å². The fraction of sp³-hybridized carbons (Fsp3) is 0.455. The van der Waals surface area contributed by atoms with Crippen molar-refractivity contribution >= 4 is 17.8 Å². The Morgan fingerprint density at radius 1 is 1.13 bits per heavy atom. The van der Waals surface area contributed by atoms with Gasteiger partial charge >= 0.3 is 0 Å². The highest BCUT2D eigenvalue weighted by Crippen LogP contribution is 2.17. The number of aromatic nitrogens is 2. The maximum absolute atomic E-state index is 13.1. The van der Waals surface area contributed by atoms with Crippen molar-refractivity contribution in [1.29, 1.82) is 0 Å². The second-order valence-electron chi connectivity index (χ2n) is 7.80. The lowest BCUT2D eigenvalue weighted by Crippen LogP contribution is -2.52. The second-order valence-corrected chi connectivity index (χ2v) is 7.80. The van der Waals surface area contributed by atoms with Crippen LogP contribution in [-0.2, 0) is 16.0 Å². The molecular formula is C22H28FN5O2. The lowest BCUT2D eigenvalue weighted by atomic mass is 10.0. The quantitative estimate of drug-likeness (QED) is 0.757. The average molecular weight is 413 g/mol. The Labute approximate surface area is 176 Å². The summed E-state index contributed by atoms with van der Waals surface area (Å²) >= 11 is 0. The molecule has 1 aromatic heterocycles. The summed E-state index contributed by atoms with van der Waals surface area (Å²) in [6.45, 7) is 6.78. The Hall–Kier alpha value is -3.03. The summed E-state index contributed by atoms with van der Waals surface area (Å²) in [4.78, 5) is 35.6. The second kappa shape index (κ2) is 9.65. The third-order valence-corrected chi connectivity index (χ3v) is 5.14. The monoisotopic (exact) mass is 413 g/mol. The van der Waals surface area contributed by atoms with Crippen molar-refractivity contribution in [2.24, 2.45) is 0 Å². The van der Waals surface area contributed by atoms with Crippen LogP contribution in [0.1, 0.15) is 36.7 Å². The van der Waals surface area contributed by atoms with E-state index in [1.165, 1.54) is 19.1 Å². The number of carbonyl (C=O) groups excluding carboxylic acids is 2. The molecule has 1 aliphatic rings. The minimum Gasteiger partial charge on any atom is -0.351 e. The highest BCUT2D eigenvalue weighted by atomic mass is 19.1. The van der Waals surface area contributed by atoms with Gasteiger partial charge in [0.1, 0.15) is 11.9 Å². The Bertz CT molecular complexity index is 875. The van der Waals surface area contributed by atoms with Gasteiger partial charge in [0.25, 0.3) is 0 Å². The summed E-state index contributed by atoms with van der Waals surface area (Å²) in [6.07, 6.45) is 1.85. The van der Waals surface area contributed by atoms with Crippen LogP contribution in [0, 0.1) is 19.7 Å². The fourth-order valence-electron chi connectivity index (χ4n) is 3.69. The maximum Gasteiger partial charge on any atom is 0.243 e. The van der Waals surface area contributed by atoms with Crippen LogP contribution in [0.4, 0.5) is 10.3 Å². The number of halogens is 1. The minimum absolute atomic E-state index is 0.0177. The first-order valence-electron chi connectivity index (χ1n) is 10.2. The molecule has 0 radical (unpaired) electrons. The third-order valence-electron chi connectivity index (χ3n) is 5.14. The molecule has 3 rings (SSSR count). The Kier molecular flexibility index (Phi) is 6.97. The Morgan fingerprint density at radius 2 is 1.73 bits per heavy atom. The van der Waals surface area contributed by atoms with E-state index in [0.29, 0.717) is 6.42 Å². The zero-order valence-corrected chi connectivity index (χ0v) is 17.6. The molecule has 30 heavy (non-hydrogen) atoms. The zero-order chi connectivity index (χ0) is 21.7. The van der Waals surface area contributed by atoms with E-state index in [9.17, 15) is 14.0 Å². The van der Waals surface area contributed by atoms with Gasteiger partial charge in [0, 0.05) is 43.9 Å². The van der Waals surface area contributed by atoms with Crippen LogP contribution in [0.3, 0.4) is 0 Å². The number of nitrogens with zero attached hydrogens (tertiary/aromatic N) is 3. The number of hydrogen-bond donors (Lipinski definition) is 2. The normalized spacial score (nSPS) is 15.5. The lowest BCUT2D eigenvalue weighted by Gasteiger charge is -2.33. The van der Waals surface area contributed by atoms with Crippen LogP contribution in [0.15, 0.2) is 30.3 Å². The van der Waals surface area contributed by atoms with Crippen molar-refractivity contribution in [2.75, 3.05) is 18.0 Å². The number of piperidine rings is 1. The lowest BCUT2D eigenvalue weighted by molar-refractivity contribution is -0.128. The van der Waals surface area contributed by atoms with Crippen LogP contribution in [0.25, 0.3) is 0 Å². The summed E-state index contributed by atoms with van der Waals surface area (Å²) in [5.74, 6) is -0.113. The van der Waals surface area contributed by atoms with Crippen molar-refractivity contribution in [3.8, 4) is 0 Å². The van der Waals surface area contributed by atoms with E-state index in [1.54, 1.807) is 12.1 Å². The van der Waals surface area contributed by atoms with Gasteiger partial charge < -0.3 is 15.5 Å². The van der Waals surface area contributed by atoms with Gasteiger partial charge in [0.2, 0.25) is 17.8 Å². The van der Waals surface area contributed by atoms with E-state index in [-0.39, 0.29) is 23.7 Å². The van der Waals surface area contributed by atoms with Gasteiger partial charge in [-0.2, -0.15) is 0 Å². The number of amides is 2. The predicted octanol–water partition coefficient (Wildman–Crippen LogP) is 2.06. The number of aryl methyl sites for hydroxylation is 2. The molecule has 0 saturated carbocycles. The number of benzene rings is 1. The van der Waals surface area contributed by atoms with Crippen molar-refractivity contribution in [3.05, 3.63) is 53.1 Å². The summed E-state index contributed by atoms with van der Waals surface area (Å²) < 4.78 is 13.1. The fourth-order valence-corrected chi connectivity index (χ4v) is 3.69. The molecule has 7 nitrogen and oxygen atoms in total. The van der Waals surface area contributed by atoms with Crippen LogP contribution in [0.5, 0.6) is 0 Å². The van der Waals surface area contributed by atoms with Gasteiger partial charge in [-0.05, 0) is 50.5 Å². The molecule has 0 bridgehead atoms. The molecule has 0 aliphatic carbocycles. The Morgan fingerprint density at radius 3 is 2.30 bits per heavy atom. The van der Waals surface area contributed by atoms with Crippen molar-refractivity contribution < 1.29 is 14.0 Å². The van der Waals surface area contributed by atoms with E-state index in [0.717, 1.165) is 48.8 Å². The molecule has 1 unspecified atom stereocenters. The van der Waals surface area contributed by atoms with Gasteiger partial charge in [-0.25, -0.2) is 14.4 Å². The van der Waals surface area contributed by atoms with Crippen molar-refractivity contribution in [1.82, 2.24) is 20.6 Å². The first-order chi connectivity index (χ1) is 14.3. The Balaban J connectivity index is 1.58. The first kappa shape index (κ1) is 21.7. The van der Waals surface area contributed by atoms with E-state index < -0.39 is 6.04 Å². The molecule has 1 atom stereocenters. The van der Waals surface area contributed by atoms with E-state index >= 15 is 0 Å². The van der Waals surface area contributed by atoms with E-state index in [2.05, 4.69) is 25.5 Å². The smallest absolute Gasteiger partial charge is 0.243 e. The SMILES string of the molecule is CC(=O)NC(Cc1ccc(F)cc1)C(=O)NC1CCN(c2nc(C)cc(C)n2)CC1. The molecule has 2 aromatic rings. The number of nitrogens with one attached hydrogen (secondary N) is 2. The van der Waals surface area contributed by atoms with Crippen molar-refractivity contribution in [2.45, 2.75) is 52.1 Å². The first-order valence-corrected chi connectivity index (χ1v) is 10.2. The summed E-state index contributed by atoms with van der Waals surface area (Å²) in [7, 11) is 0. The summed E-state index contributed by atoms with van der Waals surface area (Å²) in [6, 6.07) is 7.21. The molecular weight excluding hydrogens is 385 g/mol. The molecule has 2 heterocycles. The van der Waals surface area contributed by atoms with Gasteiger partial charge in [-0.3, -0.25) is 9.59 Å². The van der Waals surface area contributed by atoms with Crippen LogP contribution < -0.4 is 15.5 Å². The highest BCUT2D eigenvalue weighted by molar-refractivity contribution is 5.87. The molecule has 1 fully saturated rings. The molecule has 2 N–H and O–H groups in total. The molecule has 2 amide bonds. The summed E-state index contributed by atoms with van der Waals surface area (Å²) in [5, 5.41) is 5.76. The number of carbonyl (C=O) groups is 2. The molecule has 1 saturated heterocycles. The molecule has 0 spiro atoms. The van der Waals surface area contributed by atoms with Gasteiger partial charge in [0.15, 0.2) is 0 Å².